The molecule has 1 aliphatic heterocycles. The van der Waals surface area contributed by atoms with Crippen LogP contribution in [0.2, 0.25) is 0 Å². The molecule has 8 nitrogen and oxygen atoms in total. The monoisotopic (exact) mass is 431 g/mol. The minimum absolute atomic E-state index is 0.0361. The third kappa shape index (κ3) is 5.39. The molecule has 166 valence electrons. The first-order chi connectivity index (χ1) is 15.5. The van der Waals surface area contributed by atoms with Gasteiger partial charge in [0.1, 0.15) is 0 Å². The summed E-state index contributed by atoms with van der Waals surface area (Å²) in [5, 5.41) is 3.18. The lowest BCUT2D eigenvalue weighted by Crippen LogP contribution is -2.49. The maximum absolute atomic E-state index is 12.7. The third-order valence-corrected chi connectivity index (χ3v) is 5.76. The predicted molar refractivity (Wildman–Crippen MR) is 125 cm³/mol. The average Bonchev–Trinajstić information content (AvgIpc) is 2.80. The van der Waals surface area contributed by atoms with Crippen LogP contribution >= 0.6 is 0 Å². The topological polar surface area (TPSA) is 100 Å². The van der Waals surface area contributed by atoms with Gasteiger partial charge in [-0.25, -0.2) is 0 Å². The number of anilines is 3. The molecule has 32 heavy (non-hydrogen) atoms. The van der Waals surface area contributed by atoms with Gasteiger partial charge in [0.2, 0.25) is 17.8 Å². The molecule has 3 N–H and O–H groups in total. The molecule has 0 bridgehead atoms. The Morgan fingerprint density at radius 1 is 1.00 bits per heavy atom. The number of hydrogen-bond acceptors (Lipinski definition) is 7. The number of amides is 1. The van der Waals surface area contributed by atoms with Crippen LogP contribution in [0.25, 0.3) is 0 Å². The van der Waals surface area contributed by atoms with Crippen LogP contribution < -0.4 is 11.1 Å². The van der Waals surface area contributed by atoms with E-state index in [1.54, 1.807) is 0 Å². The molecule has 0 spiro atoms. The number of benzene rings is 2. The Morgan fingerprint density at radius 2 is 1.69 bits per heavy atom. The van der Waals surface area contributed by atoms with Crippen LogP contribution in [0.1, 0.15) is 29.9 Å². The minimum atomic E-state index is -0.0361. The molecule has 1 aromatic heterocycles. The molecule has 0 radical (unpaired) electrons. The Balaban J connectivity index is 1.36. The molecule has 4 rings (SSSR count). The molecular formula is C24H29N7O. The zero-order chi connectivity index (χ0) is 22.5. The number of nitrogens with one attached hydrogen (secondary N) is 1. The van der Waals surface area contributed by atoms with Gasteiger partial charge in [0.15, 0.2) is 5.82 Å². The van der Waals surface area contributed by atoms with E-state index in [2.05, 4.69) is 32.1 Å². The van der Waals surface area contributed by atoms with Crippen molar-refractivity contribution in [3.63, 3.8) is 0 Å². The fraction of sp³-hybridized carbons (Fsp3) is 0.333. The summed E-state index contributed by atoms with van der Waals surface area (Å²) in [6.45, 7) is 6.99. The van der Waals surface area contributed by atoms with Gasteiger partial charge >= 0.3 is 0 Å². The standard InChI is InChI=1S/C24H29N7O/c1-17-8-10-19(11-9-17)16-21(32)31-14-12-30(13-15-31)18(2)22-27-23(25)29-24(28-22)26-20-6-4-3-5-7-20/h3-11,18H,12-16H2,1-2H3,(H3,25,26,27,28,29). The number of nitrogens with two attached hydrogens (primary N) is 1. The van der Waals surface area contributed by atoms with Gasteiger partial charge in [0.25, 0.3) is 0 Å². The average molecular weight is 432 g/mol. The Labute approximate surface area is 188 Å². The number of hydrogen-bond donors (Lipinski definition) is 2. The zero-order valence-electron chi connectivity index (χ0n) is 18.5. The molecular weight excluding hydrogens is 402 g/mol. The summed E-state index contributed by atoms with van der Waals surface area (Å²) in [4.78, 5) is 30.1. The fourth-order valence-corrected chi connectivity index (χ4v) is 3.82. The van der Waals surface area contributed by atoms with E-state index < -0.39 is 0 Å². The highest BCUT2D eigenvalue weighted by Gasteiger charge is 2.26. The summed E-state index contributed by atoms with van der Waals surface area (Å²) in [6, 6.07) is 17.8. The van der Waals surface area contributed by atoms with E-state index in [0.29, 0.717) is 31.3 Å². The molecule has 1 aliphatic rings. The van der Waals surface area contributed by atoms with Crippen molar-refractivity contribution < 1.29 is 4.79 Å². The van der Waals surface area contributed by atoms with Gasteiger partial charge in [0, 0.05) is 31.9 Å². The maximum atomic E-state index is 12.7. The highest BCUT2D eigenvalue weighted by molar-refractivity contribution is 5.78. The van der Waals surface area contributed by atoms with Gasteiger partial charge in [0.05, 0.1) is 12.5 Å². The van der Waals surface area contributed by atoms with E-state index in [1.807, 2.05) is 66.4 Å². The van der Waals surface area contributed by atoms with Crippen molar-refractivity contribution in [3.05, 3.63) is 71.5 Å². The highest BCUT2D eigenvalue weighted by Crippen LogP contribution is 2.21. The van der Waals surface area contributed by atoms with Crippen molar-refractivity contribution in [3.8, 4) is 0 Å². The molecule has 1 unspecified atom stereocenters. The van der Waals surface area contributed by atoms with Crippen LogP contribution in [0.15, 0.2) is 54.6 Å². The molecule has 1 atom stereocenters. The van der Waals surface area contributed by atoms with Crippen molar-refractivity contribution in [2.24, 2.45) is 0 Å². The number of piperazine rings is 1. The summed E-state index contributed by atoms with van der Waals surface area (Å²) in [6.07, 6.45) is 0.439. The van der Waals surface area contributed by atoms with Crippen LogP contribution in [0.3, 0.4) is 0 Å². The SMILES string of the molecule is Cc1ccc(CC(=O)N2CCN(C(C)c3nc(N)nc(Nc4ccccc4)n3)CC2)cc1. The van der Waals surface area contributed by atoms with E-state index in [0.717, 1.165) is 24.3 Å². The van der Waals surface area contributed by atoms with E-state index >= 15 is 0 Å². The van der Waals surface area contributed by atoms with E-state index in [4.69, 9.17) is 5.73 Å². The predicted octanol–water partition coefficient (Wildman–Crippen LogP) is 2.95. The minimum Gasteiger partial charge on any atom is -0.368 e. The number of rotatable bonds is 6. The van der Waals surface area contributed by atoms with Gasteiger partial charge in [-0.15, -0.1) is 0 Å². The Kier molecular flexibility index (Phi) is 6.61. The maximum Gasteiger partial charge on any atom is 0.232 e. The summed E-state index contributed by atoms with van der Waals surface area (Å²) in [5.41, 5.74) is 9.09. The lowest BCUT2D eigenvalue weighted by atomic mass is 10.1. The number of para-hydroxylation sites is 1. The molecule has 2 heterocycles. The summed E-state index contributed by atoms with van der Waals surface area (Å²) >= 11 is 0. The van der Waals surface area contributed by atoms with Crippen molar-refractivity contribution in [2.45, 2.75) is 26.3 Å². The molecule has 2 aromatic carbocycles. The second-order valence-electron chi connectivity index (χ2n) is 8.12. The number of aryl methyl sites for hydroxylation is 1. The van der Waals surface area contributed by atoms with Crippen molar-refractivity contribution in [1.29, 1.82) is 0 Å². The van der Waals surface area contributed by atoms with Gasteiger partial charge < -0.3 is 16.0 Å². The molecule has 1 saturated heterocycles. The Hall–Kier alpha value is -3.52. The number of nitrogen functional groups attached to an aromatic ring is 1. The first-order valence-electron chi connectivity index (χ1n) is 10.9. The number of carbonyl (C=O) groups is 1. The fourth-order valence-electron chi connectivity index (χ4n) is 3.82. The van der Waals surface area contributed by atoms with Gasteiger partial charge in [-0.05, 0) is 31.5 Å². The molecule has 1 fully saturated rings. The quantitative estimate of drug-likeness (QED) is 0.619. The van der Waals surface area contributed by atoms with Crippen molar-refractivity contribution in [1.82, 2.24) is 24.8 Å². The van der Waals surface area contributed by atoms with Crippen LogP contribution in [0.5, 0.6) is 0 Å². The molecule has 3 aromatic rings. The molecule has 1 amide bonds. The van der Waals surface area contributed by atoms with Crippen molar-refractivity contribution in [2.75, 3.05) is 37.2 Å². The number of aromatic nitrogens is 3. The van der Waals surface area contributed by atoms with E-state index in [9.17, 15) is 4.79 Å². The second-order valence-corrected chi connectivity index (χ2v) is 8.12. The molecule has 8 heteroatoms. The second kappa shape index (κ2) is 9.74. The highest BCUT2D eigenvalue weighted by atomic mass is 16.2. The Bertz CT molecular complexity index is 1050. The van der Waals surface area contributed by atoms with Crippen LogP contribution in [0.4, 0.5) is 17.6 Å². The van der Waals surface area contributed by atoms with Crippen molar-refractivity contribution >= 4 is 23.5 Å². The lowest BCUT2D eigenvalue weighted by Gasteiger charge is -2.37. The van der Waals surface area contributed by atoms with Crippen LogP contribution in [-0.2, 0) is 11.2 Å². The van der Waals surface area contributed by atoms with Gasteiger partial charge in [-0.1, -0.05) is 48.0 Å². The zero-order valence-corrected chi connectivity index (χ0v) is 18.5. The van der Waals surface area contributed by atoms with Crippen LogP contribution in [-0.4, -0.2) is 56.8 Å². The lowest BCUT2D eigenvalue weighted by molar-refractivity contribution is -0.132. The number of nitrogens with zero attached hydrogens (tertiary/aromatic N) is 5. The Morgan fingerprint density at radius 3 is 2.38 bits per heavy atom. The third-order valence-electron chi connectivity index (χ3n) is 5.76. The van der Waals surface area contributed by atoms with Gasteiger partial charge in [-0.3, -0.25) is 9.69 Å². The molecule has 0 aliphatic carbocycles. The first kappa shape index (κ1) is 21.7. The first-order valence-corrected chi connectivity index (χ1v) is 10.9. The van der Waals surface area contributed by atoms with E-state index in [1.165, 1.54) is 5.56 Å². The van der Waals surface area contributed by atoms with E-state index in [-0.39, 0.29) is 17.9 Å². The normalized spacial score (nSPS) is 15.4. The van der Waals surface area contributed by atoms with Gasteiger partial charge in [-0.2, -0.15) is 15.0 Å². The largest absolute Gasteiger partial charge is 0.368 e. The molecule has 0 saturated carbocycles. The smallest absolute Gasteiger partial charge is 0.232 e. The summed E-state index contributed by atoms with van der Waals surface area (Å²) in [7, 11) is 0. The number of carbonyl (C=O) groups excluding carboxylic acids is 1. The van der Waals surface area contributed by atoms with Crippen LogP contribution in [0, 0.1) is 6.92 Å². The summed E-state index contributed by atoms with van der Waals surface area (Å²) < 4.78 is 0. The summed E-state index contributed by atoms with van der Waals surface area (Å²) in [5.74, 6) is 1.40.